The zero-order valence-corrected chi connectivity index (χ0v) is 10.7. The molecule has 1 amide bonds. The maximum atomic E-state index is 11.7. The topological polar surface area (TPSA) is 45.2 Å². The van der Waals surface area contributed by atoms with E-state index in [4.69, 9.17) is 0 Å². The van der Waals surface area contributed by atoms with Crippen LogP contribution < -0.4 is 5.32 Å². The van der Waals surface area contributed by atoms with E-state index in [1.54, 1.807) is 16.2 Å². The van der Waals surface area contributed by atoms with Gasteiger partial charge in [-0.25, -0.2) is 4.98 Å². The first-order valence-corrected chi connectivity index (χ1v) is 6.33. The summed E-state index contributed by atoms with van der Waals surface area (Å²) in [5, 5.41) is 4.40. The summed E-state index contributed by atoms with van der Waals surface area (Å²) in [7, 11) is 1.85. The first kappa shape index (κ1) is 11.5. The van der Waals surface area contributed by atoms with E-state index in [1.165, 1.54) is 4.88 Å². The molecule has 1 aromatic heterocycles. The Bertz CT molecular complexity index is 390. The number of nitrogens with one attached hydrogen (secondary N) is 1. The highest BCUT2D eigenvalue weighted by atomic mass is 32.1. The lowest BCUT2D eigenvalue weighted by molar-refractivity contribution is -0.128. The molecule has 2 rings (SSSR count). The molecule has 1 N–H and O–H groups in total. The summed E-state index contributed by atoms with van der Waals surface area (Å²) in [5.74, 6) is 0.195. The van der Waals surface area contributed by atoms with Gasteiger partial charge in [0.25, 0.3) is 0 Å². The van der Waals surface area contributed by atoms with Crippen molar-refractivity contribution in [1.29, 1.82) is 0 Å². The fraction of sp³-hybridized carbons (Fsp3) is 0.636. The van der Waals surface area contributed by atoms with Gasteiger partial charge in [-0.2, -0.15) is 0 Å². The van der Waals surface area contributed by atoms with Crippen molar-refractivity contribution in [3.05, 3.63) is 16.1 Å². The first-order valence-electron chi connectivity index (χ1n) is 5.51. The minimum Gasteiger partial charge on any atom is -0.344 e. The molecule has 0 aliphatic carbocycles. The number of carbonyl (C=O) groups is 1. The molecule has 16 heavy (non-hydrogen) atoms. The van der Waals surface area contributed by atoms with Crippen molar-refractivity contribution in [2.45, 2.75) is 32.4 Å². The van der Waals surface area contributed by atoms with Crippen molar-refractivity contribution in [3.8, 4) is 0 Å². The van der Waals surface area contributed by atoms with Gasteiger partial charge in [0.1, 0.15) is 5.01 Å². The quantitative estimate of drug-likeness (QED) is 0.865. The summed E-state index contributed by atoms with van der Waals surface area (Å²) in [5.41, 5.74) is 0. The second-order valence-corrected chi connectivity index (χ2v) is 5.56. The molecule has 88 valence electrons. The molecule has 1 aliphatic rings. The summed E-state index contributed by atoms with van der Waals surface area (Å²) in [6.07, 6.45) is 2.77. The van der Waals surface area contributed by atoms with E-state index in [0.717, 1.165) is 18.0 Å². The lowest BCUT2D eigenvalue weighted by Gasteiger charge is -2.16. The molecule has 4 nitrogen and oxygen atoms in total. The van der Waals surface area contributed by atoms with Crippen molar-refractivity contribution in [1.82, 2.24) is 15.2 Å². The standard InChI is InChI=1S/C11H17N3OS/c1-7-6-12-10(16-7)8(2)13-9-4-5-14(3)11(9)15/h6,8-9,13H,4-5H2,1-3H3. The van der Waals surface area contributed by atoms with E-state index in [2.05, 4.69) is 17.2 Å². The number of amides is 1. The molecule has 2 atom stereocenters. The third-order valence-corrected chi connectivity index (χ3v) is 3.98. The van der Waals surface area contributed by atoms with E-state index >= 15 is 0 Å². The van der Waals surface area contributed by atoms with Crippen molar-refractivity contribution in [3.63, 3.8) is 0 Å². The fourth-order valence-electron chi connectivity index (χ4n) is 1.92. The highest BCUT2D eigenvalue weighted by Gasteiger charge is 2.30. The van der Waals surface area contributed by atoms with Gasteiger partial charge in [-0.3, -0.25) is 10.1 Å². The molecular weight excluding hydrogens is 222 g/mol. The highest BCUT2D eigenvalue weighted by molar-refractivity contribution is 7.11. The minimum absolute atomic E-state index is 0.0378. The van der Waals surface area contributed by atoms with Crippen molar-refractivity contribution in [2.24, 2.45) is 0 Å². The Hall–Kier alpha value is -0.940. The van der Waals surface area contributed by atoms with Gasteiger partial charge in [0.15, 0.2) is 0 Å². The van der Waals surface area contributed by atoms with Gasteiger partial charge in [0.05, 0.1) is 12.1 Å². The fourth-order valence-corrected chi connectivity index (χ4v) is 2.71. The van der Waals surface area contributed by atoms with Gasteiger partial charge < -0.3 is 4.90 Å². The molecule has 1 fully saturated rings. The number of likely N-dealkylation sites (tertiary alicyclic amines) is 1. The summed E-state index contributed by atoms with van der Waals surface area (Å²) >= 11 is 1.68. The molecule has 1 saturated heterocycles. The van der Waals surface area contributed by atoms with E-state index in [-0.39, 0.29) is 18.0 Å². The van der Waals surface area contributed by atoms with Crippen molar-refractivity contribution < 1.29 is 4.79 Å². The van der Waals surface area contributed by atoms with Gasteiger partial charge in [0.2, 0.25) is 5.91 Å². The second-order valence-electron chi connectivity index (χ2n) is 4.30. The highest BCUT2D eigenvalue weighted by Crippen LogP contribution is 2.21. The van der Waals surface area contributed by atoms with Crippen LogP contribution in [0.1, 0.15) is 29.3 Å². The Balaban J connectivity index is 1.97. The number of aryl methyl sites for hydroxylation is 1. The Morgan fingerprint density at radius 2 is 2.44 bits per heavy atom. The Morgan fingerprint density at radius 1 is 1.69 bits per heavy atom. The van der Waals surface area contributed by atoms with Crippen LogP contribution in [0.15, 0.2) is 6.20 Å². The van der Waals surface area contributed by atoms with Gasteiger partial charge in [0, 0.05) is 24.7 Å². The molecule has 0 saturated carbocycles. The number of likely N-dealkylation sites (N-methyl/N-ethyl adjacent to an activating group) is 1. The Kier molecular flexibility index (Phi) is 3.25. The van der Waals surface area contributed by atoms with Crippen molar-refractivity contribution >= 4 is 17.2 Å². The van der Waals surface area contributed by atoms with Gasteiger partial charge in [-0.15, -0.1) is 11.3 Å². The number of thiazole rings is 1. The smallest absolute Gasteiger partial charge is 0.239 e. The summed E-state index contributed by atoms with van der Waals surface area (Å²) in [6.45, 7) is 4.95. The normalized spacial score (nSPS) is 22.8. The molecule has 0 bridgehead atoms. The van der Waals surface area contributed by atoms with E-state index in [0.29, 0.717) is 0 Å². The molecule has 0 aromatic carbocycles. The number of hydrogen-bond acceptors (Lipinski definition) is 4. The number of nitrogens with zero attached hydrogens (tertiary/aromatic N) is 2. The Morgan fingerprint density at radius 3 is 2.94 bits per heavy atom. The second kappa shape index (κ2) is 4.51. The van der Waals surface area contributed by atoms with Crippen LogP contribution in [0.3, 0.4) is 0 Å². The Labute approximate surface area is 99.7 Å². The monoisotopic (exact) mass is 239 g/mol. The zero-order valence-electron chi connectivity index (χ0n) is 9.86. The first-order chi connectivity index (χ1) is 7.58. The average Bonchev–Trinajstić information content (AvgIpc) is 2.79. The van der Waals surface area contributed by atoms with Crippen LogP contribution in [0, 0.1) is 6.92 Å². The third kappa shape index (κ3) is 2.25. The minimum atomic E-state index is -0.0378. The van der Waals surface area contributed by atoms with Crippen LogP contribution >= 0.6 is 11.3 Å². The average molecular weight is 239 g/mol. The van der Waals surface area contributed by atoms with Crippen LogP contribution in [0.4, 0.5) is 0 Å². The molecular formula is C11H17N3OS. The number of hydrogen-bond donors (Lipinski definition) is 1. The van der Waals surface area contributed by atoms with Crippen LogP contribution in [0.25, 0.3) is 0 Å². The van der Waals surface area contributed by atoms with Crippen molar-refractivity contribution in [2.75, 3.05) is 13.6 Å². The van der Waals surface area contributed by atoms with Crippen LogP contribution in [0.2, 0.25) is 0 Å². The van der Waals surface area contributed by atoms with Crippen LogP contribution in [-0.4, -0.2) is 35.4 Å². The molecule has 1 aliphatic heterocycles. The molecule has 0 radical (unpaired) electrons. The zero-order chi connectivity index (χ0) is 11.7. The van der Waals surface area contributed by atoms with Gasteiger partial charge in [-0.1, -0.05) is 0 Å². The SMILES string of the molecule is Cc1cnc(C(C)NC2CCN(C)C2=O)s1. The summed E-state index contributed by atoms with van der Waals surface area (Å²) < 4.78 is 0. The van der Waals surface area contributed by atoms with E-state index < -0.39 is 0 Å². The lowest BCUT2D eigenvalue weighted by Crippen LogP contribution is -2.38. The number of carbonyl (C=O) groups excluding carboxylic acids is 1. The molecule has 0 spiro atoms. The number of rotatable bonds is 3. The van der Waals surface area contributed by atoms with Gasteiger partial charge >= 0.3 is 0 Å². The molecule has 5 heteroatoms. The molecule has 2 heterocycles. The molecule has 2 unspecified atom stereocenters. The predicted molar refractivity (Wildman–Crippen MR) is 64.4 cm³/mol. The maximum Gasteiger partial charge on any atom is 0.239 e. The predicted octanol–water partition coefficient (Wildman–Crippen LogP) is 1.33. The summed E-state index contributed by atoms with van der Waals surface area (Å²) in [4.78, 5) is 19.0. The maximum absolute atomic E-state index is 11.7. The largest absolute Gasteiger partial charge is 0.344 e. The van der Waals surface area contributed by atoms with Gasteiger partial charge in [-0.05, 0) is 20.3 Å². The van der Waals surface area contributed by atoms with E-state index in [9.17, 15) is 4.79 Å². The lowest BCUT2D eigenvalue weighted by atomic mass is 10.2. The van der Waals surface area contributed by atoms with Crippen LogP contribution in [-0.2, 0) is 4.79 Å². The number of aromatic nitrogens is 1. The van der Waals surface area contributed by atoms with Crippen LogP contribution in [0.5, 0.6) is 0 Å². The van der Waals surface area contributed by atoms with E-state index in [1.807, 2.05) is 20.2 Å². The summed E-state index contributed by atoms with van der Waals surface area (Å²) in [6, 6.07) is 0.114. The molecule has 1 aromatic rings. The third-order valence-electron chi connectivity index (χ3n) is 2.89.